The summed E-state index contributed by atoms with van der Waals surface area (Å²) >= 11 is 5.73. The number of carbonyl (C=O) groups is 1. The van der Waals surface area contributed by atoms with Gasteiger partial charge in [-0.15, -0.1) is 5.10 Å². The van der Waals surface area contributed by atoms with Gasteiger partial charge in [-0.1, -0.05) is 11.6 Å². The zero-order valence-corrected chi connectivity index (χ0v) is 13.8. The maximum Gasteiger partial charge on any atom is 0.265 e. The van der Waals surface area contributed by atoms with Crippen molar-refractivity contribution in [3.05, 3.63) is 35.4 Å². The minimum atomic E-state index is -4.07. The van der Waals surface area contributed by atoms with Crippen LogP contribution >= 0.6 is 11.6 Å². The Morgan fingerprint density at radius 1 is 1.43 bits per heavy atom. The summed E-state index contributed by atoms with van der Waals surface area (Å²) in [5, 5.41) is 3.58. The predicted octanol–water partition coefficient (Wildman–Crippen LogP) is 0.960. The number of nitrogens with zero attached hydrogens (tertiary/aromatic N) is 4. The molecule has 1 N–H and O–H groups in total. The highest BCUT2D eigenvalue weighted by Gasteiger charge is 2.20. The van der Waals surface area contributed by atoms with E-state index >= 15 is 0 Å². The zero-order valence-electron chi connectivity index (χ0n) is 12.2. The average molecular weight is 362 g/mol. The van der Waals surface area contributed by atoms with Gasteiger partial charge in [0.2, 0.25) is 5.91 Å². The molecule has 0 aliphatic carbocycles. The Morgan fingerprint density at radius 2 is 2.13 bits per heavy atom. The van der Waals surface area contributed by atoms with Crippen LogP contribution in [-0.4, -0.2) is 48.1 Å². The van der Waals surface area contributed by atoms with Crippen molar-refractivity contribution >= 4 is 33.5 Å². The van der Waals surface area contributed by atoms with Gasteiger partial charge in [0.15, 0.2) is 0 Å². The number of benzene rings is 1. The molecule has 0 saturated carbocycles. The predicted molar refractivity (Wildman–Crippen MR) is 80.9 cm³/mol. The molecule has 0 spiro atoms. The topological polar surface area (TPSA) is 97.2 Å². The molecule has 0 saturated heterocycles. The molecule has 2 aromatic rings. The number of amides is 1. The monoisotopic (exact) mass is 361 g/mol. The summed E-state index contributed by atoms with van der Waals surface area (Å²) in [4.78, 5) is 16.4. The van der Waals surface area contributed by atoms with Crippen LogP contribution in [-0.2, 0) is 21.4 Å². The van der Waals surface area contributed by atoms with Gasteiger partial charge in [0.25, 0.3) is 16.0 Å². The fourth-order valence-corrected chi connectivity index (χ4v) is 3.04. The molecule has 1 amide bonds. The van der Waals surface area contributed by atoms with Crippen molar-refractivity contribution in [1.82, 2.24) is 19.7 Å². The van der Waals surface area contributed by atoms with E-state index in [2.05, 4.69) is 14.8 Å². The van der Waals surface area contributed by atoms with E-state index in [-0.39, 0.29) is 28.3 Å². The Labute approximate surface area is 136 Å². The van der Waals surface area contributed by atoms with E-state index < -0.39 is 15.8 Å². The minimum absolute atomic E-state index is 0.0843. The summed E-state index contributed by atoms with van der Waals surface area (Å²) in [5.41, 5.74) is 0. The van der Waals surface area contributed by atoms with Crippen molar-refractivity contribution in [1.29, 1.82) is 0 Å². The van der Waals surface area contributed by atoms with Crippen molar-refractivity contribution in [2.75, 3.05) is 18.8 Å². The van der Waals surface area contributed by atoms with E-state index in [0.717, 1.165) is 18.2 Å². The summed E-state index contributed by atoms with van der Waals surface area (Å²) in [6, 6.07) is 2.90. The van der Waals surface area contributed by atoms with Crippen molar-refractivity contribution in [3.8, 4) is 0 Å². The van der Waals surface area contributed by atoms with E-state index in [1.807, 2.05) is 0 Å². The molecule has 11 heteroatoms. The lowest BCUT2D eigenvalue weighted by atomic mass is 10.3. The van der Waals surface area contributed by atoms with Crippen LogP contribution in [0.2, 0.25) is 5.02 Å². The largest absolute Gasteiger partial charge is 0.347 e. The van der Waals surface area contributed by atoms with E-state index in [9.17, 15) is 17.6 Å². The van der Waals surface area contributed by atoms with Gasteiger partial charge in [0.05, 0.1) is 5.02 Å². The molecule has 0 aliphatic heterocycles. The quantitative estimate of drug-likeness (QED) is 0.855. The number of hydrogen-bond acceptors (Lipinski definition) is 5. The normalized spacial score (nSPS) is 11.3. The van der Waals surface area contributed by atoms with Gasteiger partial charge in [0, 0.05) is 14.1 Å². The van der Waals surface area contributed by atoms with E-state index in [1.165, 1.54) is 15.9 Å². The molecule has 2 rings (SSSR count). The number of sulfonamides is 1. The maximum absolute atomic E-state index is 13.0. The molecule has 1 aromatic carbocycles. The smallest absolute Gasteiger partial charge is 0.265 e. The number of aromatic nitrogens is 3. The molecule has 0 atom stereocenters. The number of carbonyl (C=O) groups excluding carboxylic acids is 1. The number of nitrogens with one attached hydrogen (secondary N) is 1. The van der Waals surface area contributed by atoms with Crippen molar-refractivity contribution in [2.45, 2.75) is 11.4 Å². The standard InChI is InChI=1S/C12H13ClFN5O3S/c1-18(2)11(20)6-19-7-15-12(16-19)17-23(21,22)10-4-3-8(14)5-9(10)13/h3-5,7H,6H2,1-2H3,(H,16,17). The SMILES string of the molecule is CN(C)C(=O)Cn1cnc(NS(=O)(=O)c2ccc(F)cc2Cl)n1. The molecule has 1 heterocycles. The van der Waals surface area contributed by atoms with Gasteiger partial charge in [-0.2, -0.15) is 4.98 Å². The van der Waals surface area contributed by atoms with Crippen LogP contribution in [0, 0.1) is 5.82 Å². The molecule has 124 valence electrons. The second-order valence-electron chi connectivity index (χ2n) is 4.73. The Kier molecular flexibility index (Phi) is 4.85. The fourth-order valence-electron chi connectivity index (χ4n) is 1.57. The first-order chi connectivity index (χ1) is 10.7. The number of halogens is 2. The second kappa shape index (κ2) is 6.50. The third kappa shape index (κ3) is 4.17. The van der Waals surface area contributed by atoms with E-state index in [4.69, 9.17) is 11.6 Å². The highest BCUT2D eigenvalue weighted by molar-refractivity contribution is 7.92. The summed E-state index contributed by atoms with van der Waals surface area (Å²) < 4.78 is 40.7. The summed E-state index contributed by atoms with van der Waals surface area (Å²) in [5.74, 6) is -1.11. The van der Waals surface area contributed by atoms with Gasteiger partial charge in [0.1, 0.15) is 23.6 Å². The highest BCUT2D eigenvalue weighted by atomic mass is 35.5. The first kappa shape index (κ1) is 17.2. The van der Waals surface area contributed by atoms with Crippen LogP contribution in [0.5, 0.6) is 0 Å². The van der Waals surface area contributed by atoms with Gasteiger partial charge < -0.3 is 4.90 Å². The Bertz CT molecular complexity index is 837. The summed E-state index contributed by atoms with van der Waals surface area (Å²) in [6.45, 7) is -0.0843. The van der Waals surface area contributed by atoms with Gasteiger partial charge in [-0.25, -0.2) is 22.2 Å². The van der Waals surface area contributed by atoms with Gasteiger partial charge in [-0.05, 0) is 18.2 Å². The molecular formula is C12H13ClFN5O3S. The molecule has 0 radical (unpaired) electrons. The second-order valence-corrected chi connectivity index (χ2v) is 6.79. The number of rotatable bonds is 5. The lowest BCUT2D eigenvalue weighted by Gasteiger charge is -2.09. The van der Waals surface area contributed by atoms with Crippen LogP contribution < -0.4 is 4.72 Å². The van der Waals surface area contributed by atoms with Gasteiger partial charge in [-0.3, -0.25) is 4.79 Å². The summed E-state index contributed by atoms with van der Waals surface area (Å²) in [7, 11) is -0.909. The lowest BCUT2D eigenvalue weighted by molar-refractivity contribution is -0.129. The first-order valence-corrected chi connectivity index (χ1v) is 8.12. The van der Waals surface area contributed by atoms with Crippen molar-refractivity contribution in [3.63, 3.8) is 0 Å². The molecule has 8 nitrogen and oxygen atoms in total. The van der Waals surface area contributed by atoms with Gasteiger partial charge >= 0.3 is 0 Å². The minimum Gasteiger partial charge on any atom is -0.347 e. The van der Waals surface area contributed by atoms with Crippen molar-refractivity contribution in [2.24, 2.45) is 0 Å². The zero-order chi connectivity index (χ0) is 17.2. The molecule has 0 bridgehead atoms. The van der Waals surface area contributed by atoms with Crippen LogP contribution in [0.25, 0.3) is 0 Å². The Morgan fingerprint density at radius 3 is 2.74 bits per heavy atom. The van der Waals surface area contributed by atoms with Crippen molar-refractivity contribution < 1.29 is 17.6 Å². The Hall–Kier alpha value is -2.20. The van der Waals surface area contributed by atoms with Crippen LogP contribution in [0.15, 0.2) is 29.4 Å². The van der Waals surface area contributed by atoms with Crippen LogP contribution in [0.1, 0.15) is 0 Å². The number of anilines is 1. The first-order valence-electron chi connectivity index (χ1n) is 6.26. The van der Waals surface area contributed by atoms with E-state index in [1.54, 1.807) is 14.1 Å². The molecular weight excluding hydrogens is 349 g/mol. The van der Waals surface area contributed by atoms with Crippen LogP contribution in [0.4, 0.5) is 10.3 Å². The Balaban J connectivity index is 2.18. The molecule has 1 aromatic heterocycles. The highest BCUT2D eigenvalue weighted by Crippen LogP contribution is 2.23. The van der Waals surface area contributed by atoms with E-state index in [0.29, 0.717) is 0 Å². The maximum atomic E-state index is 13.0. The molecule has 0 unspecified atom stereocenters. The molecule has 0 fully saturated rings. The third-order valence-electron chi connectivity index (χ3n) is 2.74. The number of likely N-dealkylation sites (N-methyl/N-ethyl adjacent to an activating group) is 1. The van der Waals surface area contributed by atoms with Crippen LogP contribution in [0.3, 0.4) is 0 Å². The molecule has 0 aliphatic rings. The summed E-state index contributed by atoms with van der Waals surface area (Å²) in [6.07, 6.45) is 1.21. The molecule has 23 heavy (non-hydrogen) atoms. The third-order valence-corrected chi connectivity index (χ3v) is 4.55. The lowest BCUT2D eigenvalue weighted by Crippen LogP contribution is -2.26. The average Bonchev–Trinajstić information content (AvgIpc) is 2.84. The fraction of sp³-hybridized carbons (Fsp3) is 0.250. The number of hydrogen-bond donors (Lipinski definition) is 1.